The van der Waals surface area contributed by atoms with Gasteiger partial charge in [-0.15, -0.1) is 0 Å². The third-order valence-corrected chi connectivity index (χ3v) is 3.38. The molecule has 1 aromatic heterocycles. The number of benzene rings is 1. The summed E-state index contributed by atoms with van der Waals surface area (Å²) in [5.74, 6) is 0.946. The van der Waals surface area contributed by atoms with Crippen molar-refractivity contribution in [2.45, 2.75) is 38.8 Å². The van der Waals surface area contributed by atoms with Crippen molar-refractivity contribution in [2.75, 3.05) is 0 Å². The van der Waals surface area contributed by atoms with E-state index in [1.807, 2.05) is 28.9 Å². The highest BCUT2D eigenvalue weighted by atomic mass is 35.5. The van der Waals surface area contributed by atoms with Crippen molar-refractivity contribution in [1.82, 2.24) is 14.8 Å². The molecule has 0 saturated carbocycles. The lowest BCUT2D eigenvalue weighted by Crippen LogP contribution is -2.27. The molecule has 0 bridgehead atoms. The second kappa shape index (κ2) is 6.68. The maximum absolute atomic E-state index is 6.19. The van der Waals surface area contributed by atoms with Crippen molar-refractivity contribution in [2.24, 2.45) is 5.73 Å². The lowest BCUT2D eigenvalue weighted by atomic mass is 10.0. The van der Waals surface area contributed by atoms with Crippen LogP contribution in [0.3, 0.4) is 0 Å². The third-order valence-electron chi connectivity index (χ3n) is 3.02. The van der Waals surface area contributed by atoms with Gasteiger partial charge in [-0.25, -0.2) is 4.98 Å². The molecule has 2 rings (SSSR count). The molecule has 0 radical (unpaired) electrons. The van der Waals surface area contributed by atoms with E-state index >= 15 is 0 Å². The summed E-state index contributed by atoms with van der Waals surface area (Å²) in [4.78, 5) is 4.28. The Morgan fingerprint density at radius 2 is 2.11 bits per heavy atom. The van der Waals surface area contributed by atoms with E-state index < -0.39 is 0 Å². The lowest BCUT2D eigenvalue weighted by molar-refractivity contribution is 0.540. The van der Waals surface area contributed by atoms with E-state index in [0.717, 1.165) is 35.8 Å². The van der Waals surface area contributed by atoms with Gasteiger partial charge in [0.25, 0.3) is 0 Å². The summed E-state index contributed by atoms with van der Waals surface area (Å²) < 4.78 is 1.92. The van der Waals surface area contributed by atoms with Gasteiger partial charge in [0, 0.05) is 24.0 Å². The Morgan fingerprint density at radius 3 is 2.84 bits per heavy atom. The average molecular weight is 279 g/mol. The van der Waals surface area contributed by atoms with Crippen LogP contribution in [0.5, 0.6) is 0 Å². The van der Waals surface area contributed by atoms with Crippen LogP contribution in [0, 0.1) is 0 Å². The first-order valence-corrected chi connectivity index (χ1v) is 6.94. The molecule has 2 N–H and O–H groups in total. The quantitative estimate of drug-likeness (QED) is 0.883. The fourth-order valence-corrected chi connectivity index (χ4v) is 2.31. The van der Waals surface area contributed by atoms with E-state index in [2.05, 4.69) is 17.0 Å². The van der Waals surface area contributed by atoms with Crippen molar-refractivity contribution in [3.8, 4) is 0 Å². The fourth-order valence-electron chi connectivity index (χ4n) is 2.10. The van der Waals surface area contributed by atoms with Crippen LogP contribution in [0.15, 0.2) is 30.6 Å². The van der Waals surface area contributed by atoms with Crippen LogP contribution in [-0.4, -0.2) is 20.8 Å². The number of nitrogens with two attached hydrogens (primary N) is 1. The highest BCUT2D eigenvalue weighted by Crippen LogP contribution is 2.17. The second-order valence-electron chi connectivity index (χ2n) is 4.66. The highest BCUT2D eigenvalue weighted by Gasteiger charge is 2.12. The van der Waals surface area contributed by atoms with Crippen LogP contribution in [0.1, 0.15) is 24.7 Å². The van der Waals surface area contributed by atoms with E-state index in [1.165, 1.54) is 0 Å². The van der Waals surface area contributed by atoms with Gasteiger partial charge >= 0.3 is 0 Å². The summed E-state index contributed by atoms with van der Waals surface area (Å²) in [6.07, 6.45) is 4.09. The van der Waals surface area contributed by atoms with Gasteiger partial charge in [-0.3, -0.25) is 4.68 Å². The molecule has 2 aromatic rings. The molecule has 4 nitrogen and oxygen atoms in total. The average Bonchev–Trinajstić information content (AvgIpc) is 2.80. The zero-order valence-electron chi connectivity index (χ0n) is 11.1. The lowest BCUT2D eigenvalue weighted by Gasteiger charge is -2.13. The highest BCUT2D eigenvalue weighted by molar-refractivity contribution is 6.31. The molecule has 0 aliphatic rings. The Morgan fingerprint density at radius 1 is 1.32 bits per heavy atom. The molecule has 1 heterocycles. The molecule has 102 valence electrons. The number of aromatic nitrogens is 3. The van der Waals surface area contributed by atoms with Crippen LogP contribution in [0.4, 0.5) is 0 Å². The molecule has 5 heteroatoms. The first-order valence-electron chi connectivity index (χ1n) is 6.56. The standard InChI is InChI=1S/C14H19ClN4/c1-2-7-19-14(17-10-18-19)9-12(16)8-11-5-3-4-6-13(11)15/h3-6,10,12H,2,7-9,16H2,1H3. The Hall–Kier alpha value is -1.39. The summed E-state index contributed by atoms with van der Waals surface area (Å²) in [7, 11) is 0. The van der Waals surface area contributed by atoms with Gasteiger partial charge in [0.15, 0.2) is 0 Å². The monoisotopic (exact) mass is 278 g/mol. The van der Waals surface area contributed by atoms with Gasteiger partial charge in [-0.05, 0) is 24.5 Å². The molecule has 0 aliphatic carbocycles. The minimum atomic E-state index is -0.000272. The van der Waals surface area contributed by atoms with Gasteiger partial charge in [0.05, 0.1) is 0 Å². The molecule has 1 atom stereocenters. The summed E-state index contributed by atoms with van der Waals surface area (Å²) >= 11 is 6.14. The smallest absolute Gasteiger partial charge is 0.138 e. The molecular formula is C14H19ClN4. The molecule has 1 aromatic carbocycles. The Bertz CT molecular complexity index is 524. The molecule has 1 unspecified atom stereocenters. The van der Waals surface area contributed by atoms with Crippen LogP contribution >= 0.6 is 11.6 Å². The number of aryl methyl sites for hydroxylation is 1. The predicted molar refractivity (Wildman–Crippen MR) is 77.1 cm³/mol. The van der Waals surface area contributed by atoms with Crippen molar-refractivity contribution in [3.63, 3.8) is 0 Å². The Labute approximate surface area is 118 Å². The van der Waals surface area contributed by atoms with Gasteiger partial charge in [-0.1, -0.05) is 36.7 Å². The minimum Gasteiger partial charge on any atom is -0.327 e. The molecular weight excluding hydrogens is 260 g/mol. The topological polar surface area (TPSA) is 56.7 Å². The molecule has 0 fully saturated rings. The van der Waals surface area contributed by atoms with Crippen molar-refractivity contribution in [1.29, 1.82) is 0 Å². The summed E-state index contributed by atoms with van der Waals surface area (Å²) in [5, 5.41) is 4.98. The maximum atomic E-state index is 6.19. The predicted octanol–water partition coefficient (Wildman–Crippen LogP) is 2.45. The van der Waals surface area contributed by atoms with Gasteiger partial charge < -0.3 is 5.73 Å². The second-order valence-corrected chi connectivity index (χ2v) is 5.07. The SMILES string of the molecule is CCCn1ncnc1CC(N)Cc1ccccc1Cl. The first kappa shape index (κ1) is 14.0. The van der Waals surface area contributed by atoms with E-state index in [1.54, 1.807) is 6.33 Å². The molecule has 0 amide bonds. The Kier molecular flexibility index (Phi) is 4.93. The fraction of sp³-hybridized carbons (Fsp3) is 0.429. The molecule has 19 heavy (non-hydrogen) atoms. The zero-order chi connectivity index (χ0) is 13.7. The number of halogens is 1. The maximum Gasteiger partial charge on any atom is 0.138 e. The van der Waals surface area contributed by atoms with Crippen molar-refractivity contribution < 1.29 is 0 Å². The van der Waals surface area contributed by atoms with E-state index in [-0.39, 0.29) is 6.04 Å². The van der Waals surface area contributed by atoms with Crippen LogP contribution < -0.4 is 5.73 Å². The first-order chi connectivity index (χ1) is 9.20. The van der Waals surface area contributed by atoms with Gasteiger partial charge in [0.2, 0.25) is 0 Å². The summed E-state index contributed by atoms with van der Waals surface area (Å²) in [6, 6.07) is 7.81. The minimum absolute atomic E-state index is 0.000272. The van der Waals surface area contributed by atoms with Gasteiger partial charge in [-0.2, -0.15) is 5.10 Å². The number of nitrogens with zero attached hydrogens (tertiary/aromatic N) is 3. The number of rotatable bonds is 6. The normalized spacial score (nSPS) is 12.6. The summed E-state index contributed by atoms with van der Waals surface area (Å²) in [6.45, 7) is 3.00. The number of hydrogen-bond acceptors (Lipinski definition) is 3. The van der Waals surface area contributed by atoms with Crippen LogP contribution in [0.2, 0.25) is 5.02 Å². The van der Waals surface area contributed by atoms with Gasteiger partial charge in [0.1, 0.15) is 12.2 Å². The molecule has 0 saturated heterocycles. The van der Waals surface area contributed by atoms with Crippen molar-refractivity contribution >= 4 is 11.6 Å². The zero-order valence-corrected chi connectivity index (χ0v) is 11.8. The van der Waals surface area contributed by atoms with E-state index in [0.29, 0.717) is 6.42 Å². The van der Waals surface area contributed by atoms with Crippen LogP contribution in [-0.2, 0) is 19.4 Å². The van der Waals surface area contributed by atoms with E-state index in [4.69, 9.17) is 17.3 Å². The molecule has 0 aliphatic heterocycles. The van der Waals surface area contributed by atoms with E-state index in [9.17, 15) is 0 Å². The number of hydrogen-bond donors (Lipinski definition) is 1. The van der Waals surface area contributed by atoms with Crippen molar-refractivity contribution in [3.05, 3.63) is 47.0 Å². The Balaban J connectivity index is 1.99. The third kappa shape index (κ3) is 3.78. The molecule has 0 spiro atoms. The van der Waals surface area contributed by atoms with Crippen LogP contribution in [0.25, 0.3) is 0 Å². The largest absolute Gasteiger partial charge is 0.327 e. The summed E-state index contributed by atoms with van der Waals surface area (Å²) in [5.41, 5.74) is 7.27.